The summed E-state index contributed by atoms with van der Waals surface area (Å²) in [6.45, 7) is 7.81. The van der Waals surface area contributed by atoms with E-state index in [1.165, 1.54) is 11.3 Å². The number of aryl methyl sites for hydroxylation is 1. The molecule has 1 aliphatic heterocycles. The zero-order valence-electron chi connectivity index (χ0n) is 19.6. The van der Waals surface area contributed by atoms with E-state index in [0.717, 1.165) is 34.6 Å². The van der Waals surface area contributed by atoms with E-state index in [1.54, 1.807) is 19.0 Å². The molecule has 0 radical (unpaired) electrons. The molecule has 4 rings (SSSR count). The normalized spacial score (nSPS) is 14.5. The van der Waals surface area contributed by atoms with Gasteiger partial charge >= 0.3 is 0 Å². The molecule has 2 amide bonds. The zero-order chi connectivity index (χ0) is 23.5. The first-order chi connectivity index (χ1) is 15.9. The second-order valence-electron chi connectivity index (χ2n) is 8.38. The van der Waals surface area contributed by atoms with E-state index >= 15 is 0 Å². The second kappa shape index (κ2) is 9.89. The van der Waals surface area contributed by atoms with E-state index < -0.39 is 0 Å². The minimum Gasteiger partial charge on any atom is -0.493 e. The number of benzene rings is 2. The van der Waals surface area contributed by atoms with Crippen LogP contribution in [0.5, 0.6) is 5.75 Å². The number of thiazole rings is 1. The van der Waals surface area contributed by atoms with Crippen LogP contribution in [0.25, 0.3) is 10.8 Å². The van der Waals surface area contributed by atoms with Crippen LogP contribution < -0.4 is 4.74 Å². The van der Waals surface area contributed by atoms with Gasteiger partial charge in [-0.2, -0.15) is 0 Å². The lowest BCUT2D eigenvalue weighted by molar-refractivity contribution is 0.0626. The fourth-order valence-electron chi connectivity index (χ4n) is 4.13. The Labute approximate surface area is 198 Å². The molecule has 0 bridgehead atoms. The Hall–Kier alpha value is -2.97. The van der Waals surface area contributed by atoms with Crippen molar-refractivity contribution >= 4 is 33.9 Å². The highest BCUT2D eigenvalue weighted by Gasteiger charge is 2.27. The van der Waals surface area contributed by atoms with Crippen molar-refractivity contribution in [3.8, 4) is 5.75 Å². The zero-order valence-corrected chi connectivity index (χ0v) is 20.4. The van der Waals surface area contributed by atoms with Crippen LogP contribution in [-0.4, -0.2) is 78.4 Å². The molecule has 8 heteroatoms. The van der Waals surface area contributed by atoms with Crippen LogP contribution in [-0.2, 0) is 6.54 Å². The Morgan fingerprint density at radius 1 is 1.09 bits per heavy atom. The lowest BCUT2D eigenvalue weighted by Crippen LogP contribution is -2.48. The van der Waals surface area contributed by atoms with Gasteiger partial charge in [-0.15, -0.1) is 11.3 Å². The summed E-state index contributed by atoms with van der Waals surface area (Å²) in [5.74, 6) is 0.644. The number of carbonyl (C=O) groups is 2. The van der Waals surface area contributed by atoms with Gasteiger partial charge in [0.05, 0.1) is 24.4 Å². The van der Waals surface area contributed by atoms with Gasteiger partial charge in [0, 0.05) is 40.3 Å². The smallest absolute Gasteiger partial charge is 0.265 e. The molecule has 174 valence electrons. The molecule has 1 aromatic heterocycles. The molecule has 33 heavy (non-hydrogen) atoms. The number of ether oxygens (including phenoxy) is 1. The van der Waals surface area contributed by atoms with Crippen LogP contribution in [0.4, 0.5) is 0 Å². The molecule has 0 atom stereocenters. The first kappa shape index (κ1) is 23.2. The number of carbonyl (C=O) groups excluding carboxylic acids is 2. The van der Waals surface area contributed by atoms with Gasteiger partial charge in [0.2, 0.25) is 0 Å². The average Bonchev–Trinajstić information content (AvgIpc) is 3.18. The fourth-order valence-corrected chi connectivity index (χ4v) is 5.26. The lowest BCUT2D eigenvalue weighted by Gasteiger charge is -2.34. The number of piperazine rings is 1. The van der Waals surface area contributed by atoms with Gasteiger partial charge in [-0.05, 0) is 30.7 Å². The van der Waals surface area contributed by atoms with Gasteiger partial charge in [0.1, 0.15) is 15.6 Å². The quantitative estimate of drug-likeness (QED) is 0.555. The molecule has 7 nitrogen and oxygen atoms in total. The number of aromatic nitrogens is 1. The van der Waals surface area contributed by atoms with Gasteiger partial charge < -0.3 is 14.5 Å². The predicted molar refractivity (Wildman–Crippen MR) is 131 cm³/mol. The van der Waals surface area contributed by atoms with Crippen molar-refractivity contribution in [3.05, 3.63) is 57.5 Å². The molecule has 1 aliphatic rings. The summed E-state index contributed by atoms with van der Waals surface area (Å²) < 4.78 is 5.81. The third-order valence-corrected chi connectivity index (χ3v) is 6.99. The Balaban J connectivity index is 1.46. The number of nitrogens with zero attached hydrogens (tertiary/aromatic N) is 4. The molecule has 2 aromatic carbocycles. The summed E-state index contributed by atoms with van der Waals surface area (Å²) in [6.07, 6.45) is 0. The van der Waals surface area contributed by atoms with Gasteiger partial charge in [0.15, 0.2) is 0 Å². The largest absolute Gasteiger partial charge is 0.493 e. The maximum absolute atomic E-state index is 13.5. The molecule has 1 saturated heterocycles. The van der Waals surface area contributed by atoms with Crippen molar-refractivity contribution in [3.63, 3.8) is 0 Å². The van der Waals surface area contributed by atoms with Gasteiger partial charge in [-0.1, -0.05) is 30.3 Å². The Morgan fingerprint density at radius 2 is 1.82 bits per heavy atom. The van der Waals surface area contributed by atoms with Crippen LogP contribution in [0.15, 0.2) is 36.4 Å². The van der Waals surface area contributed by atoms with Crippen molar-refractivity contribution in [2.75, 3.05) is 46.9 Å². The molecular formula is C25H30N4O3S. The van der Waals surface area contributed by atoms with E-state index in [2.05, 4.69) is 9.88 Å². The van der Waals surface area contributed by atoms with E-state index in [0.29, 0.717) is 42.4 Å². The first-order valence-corrected chi connectivity index (χ1v) is 12.0. The second-order valence-corrected chi connectivity index (χ2v) is 9.47. The van der Waals surface area contributed by atoms with E-state index in [4.69, 9.17) is 4.74 Å². The van der Waals surface area contributed by atoms with Crippen molar-refractivity contribution in [1.29, 1.82) is 0 Å². The summed E-state index contributed by atoms with van der Waals surface area (Å²) in [5, 5.41) is 2.89. The van der Waals surface area contributed by atoms with Crippen LogP contribution >= 0.6 is 11.3 Å². The third-order valence-electron chi connectivity index (χ3n) is 5.86. The molecule has 0 N–H and O–H groups in total. The minimum absolute atomic E-state index is 0.00754. The van der Waals surface area contributed by atoms with Crippen LogP contribution in [0.2, 0.25) is 0 Å². The maximum atomic E-state index is 13.5. The molecular weight excluding hydrogens is 436 g/mol. The van der Waals surface area contributed by atoms with Gasteiger partial charge in [-0.3, -0.25) is 14.5 Å². The number of hydrogen-bond donors (Lipinski definition) is 0. The number of rotatable bonds is 6. The van der Waals surface area contributed by atoms with Crippen molar-refractivity contribution < 1.29 is 14.3 Å². The minimum atomic E-state index is -0.00754. The number of fused-ring (bicyclic) bond motifs is 1. The molecule has 2 heterocycles. The molecule has 0 spiro atoms. The summed E-state index contributed by atoms with van der Waals surface area (Å²) in [4.78, 5) is 36.9. The molecule has 0 unspecified atom stereocenters. The Bertz CT molecular complexity index is 1170. The third kappa shape index (κ3) is 4.86. The SMILES string of the molecule is CCOc1ccc2ccccc2c1C(=O)N1CCN(Cc2nc(C)c(C(=O)N(C)C)s2)CC1. The van der Waals surface area contributed by atoms with Gasteiger partial charge in [0.25, 0.3) is 11.8 Å². The van der Waals surface area contributed by atoms with Crippen molar-refractivity contribution in [1.82, 2.24) is 19.7 Å². The van der Waals surface area contributed by atoms with Gasteiger partial charge in [-0.25, -0.2) is 4.98 Å². The summed E-state index contributed by atoms with van der Waals surface area (Å²) >= 11 is 1.46. The Kier molecular flexibility index (Phi) is 6.95. The molecule has 3 aromatic rings. The van der Waals surface area contributed by atoms with Crippen LogP contribution in [0, 0.1) is 6.92 Å². The average molecular weight is 467 g/mol. The summed E-state index contributed by atoms with van der Waals surface area (Å²) in [6, 6.07) is 11.8. The van der Waals surface area contributed by atoms with E-state index in [9.17, 15) is 9.59 Å². The standard InChI is InChI=1S/C25H30N4O3S/c1-5-32-20-11-10-18-8-6-7-9-19(18)22(20)24(30)29-14-12-28(13-15-29)16-21-26-17(2)23(33-21)25(31)27(3)4/h6-11H,5,12-16H2,1-4H3. The predicted octanol–water partition coefficient (Wildman–Crippen LogP) is 3.66. The maximum Gasteiger partial charge on any atom is 0.265 e. The summed E-state index contributed by atoms with van der Waals surface area (Å²) in [7, 11) is 3.51. The van der Waals surface area contributed by atoms with E-state index in [-0.39, 0.29) is 11.8 Å². The van der Waals surface area contributed by atoms with Crippen molar-refractivity contribution in [2.45, 2.75) is 20.4 Å². The lowest BCUT2D eigenvalue weighted by atomic mass is 10.0. The summed E-state index contributed by atoms with van der Waals surface area (Å²) in [5.41, 5.74) is 1.42. The highest BCUT2D eigenvalue weighted by atomic mass is 32.1. The molecule has 0 saturated carbocycles. The number of amides is 2. The van der Waals surface area contributed by atoms with Crippen LogP contribution in [0.3, 0.4) is 0 Å². The highest BCUT2D eigenvalue weighted by molar-refractivity contribution is 7.13. The Morgan fingerprint density at radius 3 is 2.52 bits per heavy atom. The van der Waals surface area contributed by atoms with Crippen LogP contribution in [0.1, 0.15) is 37.7 Å². The first-order valence-electron chi connectivity index (χ1n) is 11.2. The van der Waals surface area contributed by atoms with E-state index in [1.807, 2.05) is 55.1 Å². The molecule has 1 fully saturated rings. The monoisotopic (exact) mass is 466 g/mol. The van der Waals surface area contributed by atoms with Crippen molar-refractivity contribution in [2.24, 2.45) is 0 Å². The fraction of sp³-hybridized carbons (Fsp3) is 0.400. The topological polar surface area (TPSA) is 66.0 Å². The highest BCUT2D eigenvalue weighted by Crippen LogP contribution is 2.30. The number of hydrogen-bond acceptors (Lipinski definition) is 6. The molecule has 0 aliphatic carbocycles.